The van der Waals surface area contributed by atoms with Gasteiger partial charge in [0.2, 0.25) is 0 Å². The van der Waals surface area contributed by atoms with E-state index in [0.717, 1.165) is 12.6 Å². The van der Waals surface area contributed by atoms with Gasteiger partial charge in [-0.15, -0.1) is 0 Å². The Hall–Kier alpha value is -0.120. The molecule has 0 bridgehead atoms. The van der Waals surface area contributed by atoms with Gasteiger partial charge in [-0.05, 0) is 39.3 Å². The Morgan fingerprint density at radius 1 is 1.20 bits per heavy atom. The van der Waals surface area contributed by atoms with Gasteiger partial charge in [0.25, 0.3) is 0 Å². The van der Waals surface area contributed by atoms with Crippen molar-refractivity contribution in [2.45, 2.75) is 44.7 Å². The maximum atomic E-state index is 5.72. The molecule has 0 amide bonds. The van der Waals surface area contributed by atoms with Crippen molar-refractivity contribution in [3.8, 4) is 0 Å². The molecule has 3 nitrogen and oxygen atoms in total. The summed E-state index contributed by atoms with van der Waals surface area (Å²) in [6.07, 6.45) is 5.60. The van der Waals surface area contributed by atoms with E-state index < -0.39 is 0 Å². The second kappa shape index (κ2) is 5.28. The number of hydrogen-bond acceptors (Lipinski definition) is 3. The normalized spacial score (nSPS) is 32.0. The van der Waals surface area contributed by atoms with Crippen molar-refractivity contribution in [1.29, 1.82) is 0 Å². The minimum Gasteiger partial charge on any atom is -0.329 e. The molecule has 0 aliphatic carbocycles. The second-order valence-corrected chi connectivity index (χ2v) is 5.12. The molecule has 2 aliphatic heterocycles. The molecule has 2 unspecified atom stereocenters. The van der Waals surface area contributed by atoms with Crippen LogP contribution in [0.1, 0.15) is 32.6 Å². The fourth-order valence-electron chi connectivity index (χ4n) is 2.90. The molecule has 2 fully saturated rings. The maximum absolute atomic E-state index is 5.72. The SMILES string of the molecule is CC(CN)N1CCC(N2CCCCC2)C1. The molecule has 0 radical (unpaired) electrons. The summed E-state index contributed by atoms with van der Waals surface area (Å²) >= 11 is 0. The van der Waals surface area contributed by atoms with Crippen LogP contribution in [0.4, 0.5) is 0 Å². The fraction of sp³-hybridized carbons (Fsp3) is 1.00. The van der Waals surface area contributed by atoms with Crippen molar-refractivity contribution in [1.82, 2.24) is 9.80 Å². The Balaban J connectivity index is 1.80. The van der Waals surface area contributed by atoms with E-state index in [2.05, 4.69) is 16.7 Å². The average molecular weight is 211 g/mol. The molecule has 3 heteroatoms. The topological polar surface area (TPSA) is 32.5 Å². The van der Waals surface area contributed by atoms with Crippen LogP contribution in [0.25, 0.3) is 0 Å². The van der Waals surface area contributed by atoms with Crippen molar-refractivity contribution in [3.05, 3.63) is 0 Å². The van der Waals surface area contributed by atoms with E-state index in [4.69, 9.17) is 5.73 Å². The summed E-state index contributed by atoms with van der Waals surface area (Å²) in [5, 5.41) is 0. The summed E-state index contributed by atoms with van der Waals surface area (Å²) in [6, 6.07) is 1.39. The van der Waals surface area contributed by atoms with Gasteiger partial charge in [-0.2, -0.15) is 0 Å². The molecular formula is C12H25N3. The Kier molecular flexibility index (Phi) is 4.00. The Morgan fingerprint density at radius 3 is 2.60 bits per heavy atom. The highest BCUT2D eigenvalue weighted by Gasteiger charge is 2.29. The van der Waals surface area contributed by atoms with Crippen LogP contribution in [0.2, 0.25) is 0 Å². The Morgan fingerprint density at radius 2 is 1.93 bits per heavy atom. The highest BCUT2D eigenvalue weighted by molar-refractivity contribution is 4.87. The van der Waals surface area contributed by atoms with Gasteiger partial charge in [0.05, 0.1) is 0 Å². The number of nitrogens with two attached hydrogens (primary N) is 1. The summed E-state index contributed by atoms with van der Waals surface area (Å²) in [7, 11) is 0. The van der Waals surface area contributed by atoms with Crippen LogP contribution in [0.3, 0.4) is 0 Å². The summed E-state index contributed by atoms with van der Waals surface area (Å²) < 4.78 is 0. The molecule has 0 saturated carbocycles. The quantitative estimate of drug-likeness (QED) is 0.752. The van der Waals surface area contributed by atoms with Crippen LogP contribution in [-0.4, -0.2) is 54.6 Å². The molecule has 2 heterocycles. The van der Waals surface area contributed by atoms with E-state index in [1.165, 1.54) is 51.9 Å². The summed E-state index contributed by atoms with van der Waals surface area (Å²) in [5.74, 6) is 0. The smallest absolute Gasteiger partial charge is 0.0235 e. The van der Waals surface area contributed by atoms with E-state index in [9.17, 15) is 0 Å². The third-order valence-electron chi connectivity index (χ3n) is 4.07. The van der Waals surface area contributed by atoms with Crippen LogP contribution in [0.5, 0.6) is 0 Å². The lowest BCUT2D eigenvalue weighted by Gasteiger charge is -2.32. The number of likely N-dealkylation sites (tertiary alicyclic amines) is 2. The van der Waals surface area contributed by atoms with Crippen LogP contribution in [0, 0.1) is 0 Å². The van der Waals surface area contributed by atoms with Gasteiger partial charge < -0.3 is 5.73 Å². The standard InChI is InChI=1S/C12H25N3/c1-11(9-13)15-8-5-12(10-15)14-6-3-2-4-7-14/h11-12H,2-10,13H2,1H3. The van der Waals surface area contributed by atoms with Crippen molar-refractivity contribution in [2.24, 2.45) is 5.73 Å². The zero-order valence-electron chi connectivity index (χ0n) is 9.99. The first-order valence-electron chi connectivity index (χ1n) is 6.49. The van der Waals surface area contributed by atoms with E-state index in [1.807, 2.05) is 0 Å². The highest BCUT2D eigenvalue weighted by Crippen LogP contribution is 2.21. The van der Waals surface area contributed by atoms with Gasteiger partial charge in [0, 0.05) is 31.7 Å². The monoisotopic (exact) mass is 211 g/mol. The predicted molar refractivity (Wildman–Crippen MR) is 63.9 cm³/mol. The lowest BCUT2D eigenvalue weighted by atomic mass is 10.1. The predicted octanol–water partition coefficient (Wildman–Crippen LogP) is 0.894. The molecule has 2 rings (SSSR count). The van der Waals surface area contributed by atoms with Gasteiger partial charge >= 0.3 is 0 Å². The molecular weight excluding hydrogens is 186 g/mol. The molecule has 2 saturated heterocycles. The fourth-order valence-corrected chi connectivity index (χ4v) is 2.90. The Labute approximate surface area is 93.6 Å². The Bertz CT molecular complexity index is 189. The molecule has 2 atom stereocenters. The molecule has 0 aromatic rings. The summed E-state index contributed by atoms with van der Waals surface area (Å²) in [5.41, 5.74) is 5.72. The maximum Gasteiger partial charge on any atom is 0.0235 e. The van der Waals surface area contributed by atoms with Crippen molar-refractivity contribution >= 4 is 0 Å². The van der Waals surface area contributed by atoms with Crippen molar-refractivity contribution in [3.63, 3.8) is 0 Å². The first-order valence-corrected chi connectivity index (χ1v) is 6.49. The number of nitrogens with zero attached hydrogens (tertiary/aromatic N) is 2. The van der Waals surface area contributed by atoms with Gasteiger partial charge in [0.1, 0.15) is 0 Å². The lowest BCUT2D eigenvalue weighted by molar-refractivity contribution is 0.155. The van der Waals surface area contributed by atoms with Crippen LogP contribution in [-0.2, 0) is 0 Å². The zero-order valence-corrected chi connectivity index (χ0v) is 9.99. The van der Waals surface area contributed by atoms with Crippen molar-refractivity contribution < 1.29 is 0 Å². The first kappa shape index (κ1) is 11.4. The molecule has 15 heavy (non-hydrogen) atoms. The third kappa shape index (κ3) is 2.71. The number of rotatable bonds is 3. The van der Waals surface area contributed by atoms with Crippen molar-refractivity contribution in [2.75, 3.05) is 32.7 Å². The molecule has 0 spiro atoms. The number of piperidine rings is 1. The van der Waals surface area contributed by atoms with Crippen LogP contribution < -0.4 is 5.73 Å². The summed E-state index contributed by atoms with van der Waals surface area (Å²) in [4.78, 5) is 5.26. The third-order valence-corrected chi connectivity index (χ3v) is 4.07. The number of hydrogen-bond donors (Lipinski definition) is 1. The van der Waals surface area contributed by atoms with Gasteiger partial charge in [-0.1, -0.05) is 6.42 Å². The van der Waals surface area contributed by atoms with Crippen LogP contribution in [0.15, 0.2) is 0 Å². The molecule has 2 N–H and O–H groups in total. The zero-order chi connectivity index (χ0) is 10.7. The minimum absolute atomic E-state index is 0.569. The van der Waals surface area contributed by atoms with E-state index in [-0.39, 0.29) is 0 Å². The van der Waals surface area contributed by atoms with E-state index in [0.29, 0.717) is 6.04 Å². The average Bonchev–Trinajstić information content (AvgIpc) is 2.78. The summed E-state index contributed by atoms with van der Waals surface area (Å²) in [6.45, 7) is 8.20. The molecule has 88 valence electrons. The van der Waals surface area contributed by atoms with Gasteiger partial charge in [-0.25, -0.2) is 0 Å². The van der Waals surface area contributed by atoms with Gasteiger partial charge in [0.15, 0.2) is 0 Å². The largest absolute Gasteiger partial charge is 0.329 e. The first-order chi connectivity index (χ1) is 7.31. The highest BCUT2D eigenvalue weighted by atomic mass is 15.3. The minimum atomic E-state index is 0.569. The second-order valence-electron chi connectivity index (χ2n) is 5.12. The van der Waals surface area contributed by atoms with Gasteiger partial charge in [-0.3, -0.25) is 9.80 Å². The molecule has 2 aliphatic rings. The van der Waals surface area contributed by atoms with E-state index in [1.54, 1.807) is 0 Å². The van der Waals surface area contributed by atoms with Crippen LogP contribution >= 0.6 is 0 Å². The lowest BCUT2D eigenvalue weighted by Crippen LogP contribution is -2.43. The molecule has 0 aromatic carbocycles. The molecule has 0 aromatic heterocycles. The van der Waals surface area contributed by atoms with E-state index >= 15 is 0 Å².